The van der Waals surface area contributed by atoms with Crippen molar-refractivity contribution in [3.8, 4) is 6.07 Å². The first kappa shape index (κ1) is 10.2. The molecule has 0 radical (unpaired) electrons. The summed E-state index contributed by atoms with van der Waals surface area (Å²) in [5.41, 5.74) is -0.382. The Bertz CT molecular complexity index is 337. The molecular weight excluding hydrogens is 192 g/mol. The zero-order valence-corrected chi connectivity index (χ0v) is 8.66. The molecule has 0 atom stereocenters. The molecule has 1 aliphatic heterocycles. The molecule has 0 N–H and O–H groups in total. The first-order valence-electron chi connectivity index (χ1n) is 5.41. The number of nitriles is 1. The van der Waals surface area contributed by atoms with Gasteiger partial charge in [0.1, 0.15) is 0 Å². The fourth-order valence-electron chi connectivity index (χ4n) is 2.69. The van der Waals surface area contributed by atoms with Gasteiger partial charge in [-0.2, -0.15) is 5.26 Å². The highest BCUT2D eigenvalue weighted by Crippen LogP contribution is 2.46. The Balaban J connectivity index is 2.13. The third-order valence-electron chi connectivity index (χ3n) is 3.50. The molecule has 0 aromatic heterocycles. The lowest BCUT2D eigenvalue weighted by atomic mass is 9.84. The van der Waals surface area contributed by atoms with Crippen molar-refractivity contribution in [2.45, 2.75) is 38.5 Å². The van der Waals surface area contributed by atoms with E-state index in [1.807, 2.05) is 6.07 Å². The first-order chi connectivity index (χ1) is 7.19. The maximum absolute atomic E-state index is 12.0. The summed E-state index contributed by atoms with van der Waals surface area (Å²) in [4.78, 5) is 25.0. The number of imide groups is 1. The van der Waals surface area contributed by atoms with Crippen molar-refractivity contribution in [1.29, 1.82) is 5.26 Å². The maximum Gasteiger partial charge on any atom is 0.235 e. The summed E-state index contributed by atoms with van der Waals surface area (Å²) < 4.78 is 0. The van der Waals surface area contributed by atoms with Crippen LogP contribution < -0.4 is 0 Å². The van der Waals surface area contributed by atoms with Crippen LogP contribution in [-0.4, -0.2) is 23.3 Å². The number of nitrogens with zero attached hydrogens (tertiary/aromatic N) is 2. The van der Waals surface area contributed by atoms with Gasteiger partial charge in [-0.05, 0) is 12.8 Å². The highest BCUT2D eigenvalue weighted by atomic mass is 16.2. The molecule has 0 aromatic carbocycles. The van der Waals surface area contributed by atoms with E-state index in [1.54, 1.807) is 0 Å². The highest BCUT2D eigenvalue weighted by Gasteiger charge is 2.52. The summed E-state index contributed by atoms with van der Waals surface area (Å²) in [5.74, 6) is -0.114. The lowest BCUT2D eigenvalue weighted by Gasteiger charge is -2.20. The van der Waals surface area contributed by atoms with Gasteiger partial charge in [0.15, 0.2) is 0 Å². The number of rotatable bonds is 2. The van der Waals surface area contributed by atoms with Crippen LogP contribution in [0.25, 0.3) is 0 Å². The van der Waals surface area contributed by atoms with Gasteiger partial charge in [0.25, 0.3) is 0 Å². The molecule has 4 nitrogen and oxygen atoms in total. The fourth-order valence-corrected chi connectivity index (χ4v) is 2.69. The molecule has 2 fully saturated rings. The van der Waals surface area contributed by atoms with Crippen LogP contribution >= 0.6 is 0 Å². The molecule has 80 valence electrons. The first-order valence-corrected chi connectivity index (χ1v) is 5.41. The molecule has 2 aliphatic rings. The molecule has 2 rings (SSSR count). The molecule has 1 heterocycles. The van der Waals surface area contributed by atoms with Crippen LogP contribution in [0.2, 0.25) is 0 Å². The average Bonchev–Trinajstić information content (AvgIpc) is 2.75. The Kier molecular flexibility index (Phi) is 2.47. The van der Waals surface area contributed by atoms with E-state index in [1.165, 1.54) is 4.90 Å². The van der Waals surface area contributed by atoms with E-state index in [0.717, 1.165) is 25.7 Å². The highest BCUT2D eigenvalue weighted by molar-refractivity contribution is 6.06. The molecule has 0 bridgehead atoms. The summed E-state index contributed by atoms with van der Waals surface area (Å²) in [6.07, 6.45) is 4.41. The number of hydrogen-bond donors (Lipinski definition) is 0. The number of carbonyl (C=O) groups is 2. The number of amides is 2. The van der Waals surface area contributed by atoms with Crippen LogP contribution in [0.15, 0.2) is 0 Å². The minimum atomic E-state index is -0.382. The van der Waals surface area contributed by atoms with E-state index in [4.69, 9.17) is 5.26 Å². The van der Waals surface area contributed by atoms with Crippen LogP contribution in [0, 0.1) is 16.7 Å². The van der Waals surface area contributed by atoms with E-state index in [0.29, 0.717) is 6.42 Å². The van der Waals surface area contributed by atoms with Crippen LogP contribution in [0.4, 0.5) is 0 Å². The van der Waals surface area contributed by atoms with Crippen molar-refractivity contribution in [3.63, 3.8) is 0 Å². The van der Waals surface area contributed by atoms with Gasteiger partial charge in [0, 0.05) is 13.0 Å². The second-order valence-electron chi connectivity index (χ2n) is 4.42. The van der Waals surface area contributed by atoms with Crippen molar-refractivity contribution in [3.05, 3.63) is 0 Å². The second-order valence-corrected chi connectivity index (χ2v) is 4.42. The Morgan fingerprint density at radius 2 is 2.00 bits per heavy atom. The van der Waals surface area contributed by atoms with Crippen molar-refractivity contribution < 1.29 is 9.59 Å². The average molecular weight is 206 g/mol. The van der Waals surface area contributed by atoms with Gasteiger partial charge >= 0.3 is 0 Å². The minimum Gasteiger partial charge on any atom is -0.281 e. The zero-order chi connectivity index (χ0) is 10.9. The normalized spacial score (nSPS) is 23.8. The quantitative estimate of drug-likeness (QED) is 0.638. The van der Waals surface area contributed by atoms with Crippen molar-refractivity contribution >= 4 is 11.8 Å². The van der Waals surface area contributed by atoms with Gasteiger partial charge in [-0.1, -0.05) is 12.8 Å². The summed E-state index contributed by atoms with van der Waals surface area (Å²) >= 11 is 0. The van der Waals surface area contributed by atoms with Crippen LogP contribution in [0.1, 0.15) is 38.5 Å². The van der Waals surface area contributed by atoms with Gasteiger partial charge in [0.05, 0.1) is 17.9 Å². The smallest absolute Gasteiger partial charge is 0.235 e. The molecular formula is C11H14N2O2. The Morgan fingerprint density at radius 3 is 2.60 bits per heavy atom. The predicted octanol–water partition coefficient (Wildman–Crippen LogP) is 1.22. The van der Waals surface area contributed by atoms with E-state index < -0.39 is 0 Å². The summed E-state index contributed by atoms with van der Waals surface area (Å²) in [5, 5.41) is 8.46. The number of carbonyl (C=O) groups excluding carboxylic acids is 2. The monoisotopic (exact) mass is 206 g/mol. The summed E-state index contributed by atoms with van der Waals surface area (Å²) in [7, 11) is 0. The Morgan fingerprint density at radius 1 is 1.33 bits per heavy atom. The molecule has 1 saturated heterocycles. The molecule has 1 aliphatic carbocycles. The maximum atomic E-state index is 12.0. The van der Waals surface area contributed by atoms with E-state index in [9.17, 15) is 9.59 Å². The largest absolute Gasteiger partial charge is 0.281 e. The van der Waals surface area contributed by atoms with Crippen LogP contribution in [0.3, 0.4) is 0 Å². The zero-order valence-electron chi connectivity index (χ0n) is 8.66. The van der Waals surface area contributed by atoms with E-state index in [-0.39, 0.29) is 30.2 Å². The standard InChI is InChI=1S/C11H14N2O2/c12-6-3-7-13-9(14)8-11(10(13)15)4-1-2-5-11/h1-5,7-8H2. The molecule has 15 heavy (non-hydrogen) atoms. The molecule has 2 amide bonds. The topological polar surface area (TPSA) is 61.2 Å². The second kappa shape index (κ2) is 3.65. The lowest BCUT2D eigenvalue weighted by molar-refractivity contribution is -0.141. The van der Waals surface area contributed by atoms with Gasteiger partial charge in [0.2, 0.25) is 11.8 Å². The lowest BCUT2D eigenvalue weighted by Crippen LogP contribution is -2.34. The van der Waals surface area contributed by atoms with Crippen LogP contribution in [-0.2, 0) is 9.59 Å². The molecule has 0 unspecified atom stereocenters. The molecule has 1 spiro atoms. The predicted molar refractivity (Wildman–Crippen MR) is 52.5 cm³/mol. The third-order valence-corrected chi connectivity index (χ3v) is 3.50. The Hall–Kier alpha value is -1.37. The van der Waals surface area contributed by atoms with Crippen LogP contribution in [0.5, 0.6) is 0 Å². The van der Waals surface area contributed by atoms with Crippen molar-refractivity contribution in [2.24, 2.45) is 5.41 Å². The van der Waals surface area contributed by atoms with E-state index >= 15 is 0 Å². The van der Waals surface area contributed by atoms with Crippen molar-refractivity contribution in [2.75, 3.05) is 6.54 Å². The number of likely N-dealkylation sites (tertiary alicyclic amines) is 1. The van der Waals surface area contributed by atoms with Gasteiger partial charge in [-0.25, -0.2) is 0 Å². The summed E-state index contributed by atoms with van der Waals surface area (Å²) in [6, 6.07) is 1.97. The fraction of sp³-hybridized carbons (Fsp3) is 0.727. The SMILES string of the molecule is N#CCCN1C(=O)CC2(CCCC2)C1=O. The summed E-state index contributed by atoms with van der Waals surface area (Å²) in [6.45, 7) is 0.274. The molecule has 0 aromatic rings. The van der Waals surface area contributed by atoms with Gasteiger partial charge in [-0.3, -0.25) is 14.5 Å². The number of hydrogen-bond acceptors (Lipinski definition) is 3. The third kappa shape index (κ3) is 1.52. The molecule has 4 heteroatoms. The van der Waals surface area contributed by atoms with E-state index in [2.05, 4.69) is 0 Å². The van der Waals surface area contributed by atoms with Gasteiger partial charge < -0.3 is 0 Å². The minimum absolute atomic E-state index is 0.0275. The van der Waals surface area contributed by atoms with Crippen molar-refractivity contribution in [1.82, 2.24) is 4.90 Å². The molecule has 1 saturated carbocycles. The Labute approximate surface area is 88.9 Å². The van der Waals surface area contributed by atoms with Gasteiger partial charge in [-0.15, -0.1) is 0 Å².